The van der Waals surface area contributed by atoms with Gasteiger partial charge in [0, 0.05) is 0 Å². The summed E-state index contributed by atoms with van der Waals surface area (Å²) in [6.07, 6.45) is 11.4. The smallest absolute Gasteiger partial charge is 0.344 e. The Kier molecular flexibility index (Phi) is 12.4. The lowest BCUT2D eigenvalue weighted by atomic mass is 10.1. The van der Waals surface area contributed by atoms with Crippen LogP contribution < -0.4 is 0 Å². The molecule has 0 N–H and O–H groups in total. The van der Waals surface area contributed by atoms with Gasteiger partial charge < -0.3 is 4.12 Å². The second-order valence-electron chi connectivity index (χ2n) is 7.21. The van der Waals surface area contributed by atoms with Gasteiger partial charge in [-0.2, -0.15) is 0 Å². The summed E-state index contributed by atoms with van der Waals surface area (Å²) in [6, 6.07) is -2.68. The molecule has 23 heavy (non-hydrogen) atoms. The number of hydrogen-bond donors (Lipinski definition) is 0. The van der Waals surface area contributed by atoms with Gasteiger partial charge in [-0.1, -0.05) is 45.3 Å². The summed E-state index contributed by atoms with van der Waals surface area (Å²) in [4.78, 5) is 0. The number of unbranched alkanes of at least 4 members (excludes halogenated alkanes) is 2. The Hall–Kier alpha value is 1.22. The standard InChI is InChI=1S/C16H35Cl3OSi3/c1-7-9-10-11-13-15(22(5,6)20-21(3)4)14-16(12-8-2)23(17,18)19/h11,13,15-16,21H,7-10,12,14H2,1-6H3. The Bertz CT molecular complexity index is 344. The first-order valence-corrected chi connectivity index (χ1v) is 19.8. The largest absolute Gasteiger partial charge is 0.458 e. The van der Waals surface area contributed by atoms with Crippen LogP contribution in [0, 0.1) is 0 Å². The highest BCUT2D eigenvalue weighted by Crippen LogP contribution is 2.45. The van der Waals surface area contributed by atoms with Crippen LogP contribution in [0.5, 0.6) is 0 Å². The molecule has 0 saturated carbocycles. The molecule has 138 valence electrons. The van der Waals surface area contributed by atoms with E-state index in [4.69, 9.17) is 37.4 Å². The molecule has 0 heterocycles. The SMILES string of the molecule is CCCCC=CC(CC(CCC)[Si](Cl)(Cl)Cl)[Si](C)(C)O[SiH](C)C. The maximum Gasteiger partial charge on any atom is 0.344 e. The van der Waals surface area contributed by atoms with Crippen LogP contribution in [0.1, 0.15) is 52.4 Å². The minimum absolute atomic E-state index is 0.225. The van der Waals surface area contributed by atoms with Crippen molar-refractivity contribution in [3.05, 3.63) is 12.2 Å². The summed E-state index contributed by atoms with van der Waals surface area (Å²) in [5.41, 5.74) is 0.663. The van der Waals surface area contributed by atoms with Gasteiger partial charge >= 0.3 is 6.00 Å². The molecule has 0 aromatic heterocycles. The summed E-state index contributed by atoms with van der Waals surface area (Å²) in [5, 5.41) is 0. The Labute approximate surface area is 162 Å². The van der Waals surface area contributed by atoms with Gasteiger partial charge in [-0.15, -0.1) is 33.2 Å². The van der Waals surface area contributed by atoms with E-state index in [-0.39, 0.29) is 5.54 Å². The van der Waals surface area contributed by atoms with Crippen molar-refractivity contribution in [1.82, 2.24) is 0 Å². The topological polar surface area (TPSA) is 9.23 Å². The first-order chi connectivity index (χ1) is 10.5. The first kappa shape index (κ1) is 24.2. The van der Waals surface area contributed by atoms with E-state index in [9.17, 15) is 0 Å². The van der Waals surface area contributed by atoms with E-state index in [0.717, 1.165) is 25.7 Å². The molecule has 7 heteroatoms. The number of allylic oxidation sites excluding steroid dienone is 2. The van der Waals surface area contributed by atoms with Crippen LogP contribution in [-0.2, 0) is 4.12 Å². The van der Waals surface area contributed by atoms with Gasteiger partial charge in [0.15, 0.2) is 17.4 Å². The molecule has 1 nitrogen and oxygen atoms in total. The molecular weight excluding hydrogens is 399 g/mol. The highest BCUT2D eigenvalue weighted by Gasteiger charge is 2.41. The van der Waals surface area contributed by atoms with Crippen LogP contribution in [0.15, 0.2) is 12.2 Å². The Morgan fingerprint density at radius 1 is 1.09 bits per heavy atom. The van der Waals surface area contributed by atoms with E-state index in [1.54, 1.807) is 0 Å². The van der Waals surface area contributed by atoms with Gasteiger partial charge in [0.2, 0.25) is 0 Å². The summed E-state index contributed by atoms with van der Waals surface area (Å²) in [7, 11) is -2.87. The van der Waals surface area contributed by atoms with Gasteiger partial charge in [-0.3, -0.25) is 0 Å². The van der Waals surface area contributed by atoms with Crippen molar-refractivity contribution >= 4 is 56.6 Å². The van der Waals surface area contributed by atoms with Crippen molar-refractivity contribution in [2.75, 3.05) is 0 Å². The molecule has 0 aliphatic heterocycles. The average Bonchev–Trinajstić information content (AvgIpc) is 2.38. The normalized spacial score (nSPS) is 16.3. The van der Waals surface area contributed by atoms with Gasteiger partial charge in [-0.05, 0) is 56.5 Å². The fourth-order valence-electron chi connectivity index (χ4n) is 2.94. The van der Waals surface area contributed by atoms with Crippen molar-refractivity contribution in [2.24, 2.45) is 0 Å². The molecule has 2 unspecified atom stereocenters. The minimum atomic E-state index is -2.68. The summed E-state index contributed by atoms with van der Waals surface area (Å²) in [5.74, 6) is 0. The second-order valence-corrected chi connectivity index (χ2v) is 23.2. The number of hydrogen-bond acceptors (Lipinski definition) is 1. The van der Waals surface area contributed by atoms with E-state index in [0.29, 0.717) is 5.54 Å². The third-order valence-corrected chi connectivity index (χ3v) is 14.9. The molecule has 0 bridgehead atoms. The molecule has 0 aromatic carbocycles. The van der Waals surface area contributed by atoms with E-state index >= 15 is 0 Å². The molecule has 0 aliphatic rings. The number of rotatable bonds is 12. The van der Waals surface area contributed by atoms with Gasteiger partial charge in [0.05, 0.1) is 0 Å². The zero-order valence-electron chi connectivity index (χ0n) is 15.7. The maximum atomic E-state index is 6.46. The van der Waals surface area contributed by atoms with Crippen LogP contribution >= 0.6 is 33.2 Å². The van der Waals surface area contributed by atoms with Crippen LogP contribution in [0.4, 0.5) is 0 Å². The molecule has 0 radical (unpaired) electrons. The average molecular weight is 434 g/mol. The van der Waals surface area contributed by atoms with Crippen LogP contribution in [0.3, 0.4) is 0 Å². The maximum absolute atomic E-state index is 6.46. The van der Waals surface area contributed by atoms with Crippen molar-refractivity contribution in [3.63, 3.8) is 0 Å². The molecule has 0 fully saturated rings. The van der Waals surface area contributed by atoms with E-state index in [2.05, 4.69) is 52.2 Å². The van der Waals surface area contributed by atoms with Crippen molar-refractivity contribution < 1.29 is 4.12 Å². The zero-order chi connectivity index (χ0) is 18.1. The molecule has 0 spiro atoms. The molecule has 2 atom stereocenters. The Balaban J connectivity index is 5.19. The molecule has 0 amide bonds. The highest BCUT2D eigenvalue weighted by molar-refractivity contribution is 7.65. The lowest BCUT2D eigenvalue weighted by Crippen LogP contribution is -2.41. The lowest BCUT2D eigenvalue weighted by Gasteiger charge is -2.36. The molecule has 0 aliphatic carbocycles. The fourth-order valence-corrected chi connectivity index (χ4v) is 13.1. The highest BCUT2D eigenvalue weighted by atomic mass is 35.8. The Morgan fingerprint density at radius 2 is 1.70 bits per heavy atom. The fraction of sp³-hybridized carbons (Fsp3) is 0.875. The molecule has 0 aromatic rings. The monoisotopic (exact) mass is 432 g/mol. The predicted octanol–water partition coefficient (Wildman–Crippen LogP) is 7.52. The minimum Gasteiger partial charge on any atom is -0.458 e. The quantitative estimate of drug-likeness (QED) is 0.134. The molecular formula is C16H35Cl3OSi3. The number of halogens is 3. The third kappa shape index (κ3) is 10.7. The zero-order valence-corrected chi connectivity index (χ0v) is 21.1. The van der Waals surface area contributed by atoms with Gasteiger partial charge in [0.1, 0.15) is 0 Å². The summed E-state index contributed by atoms with van der Waals surface area (Å²) >= 11 is 19.2. The Morgan fingerprint density at radius 3 is 2.13 bits per heavy atom. The molecule has 0 saturated heterocycles. The third-order valence-electron chi connectivity index (χ3n) is 4.16. The van der Waals surface area contributed by atoms with Crippen LogP contribution in [0.25, 0.3) is 0 Å². The molecule has 0 rings (SSSR count). The predicted molar refractivity (Wildman–Crippen MR) is 116 cm³/mol. The van der Waals surface area contributed by atoms with Gasteiger partial charge in [-0.25, -0.2) is 0 Å². The van der Waals surface area contributed by atoms with Crippen LogP contribution in [0.2, 0.25) is 37.3 Å². The lowest BCUT2D eigenvalue weighted by molar-refractivity contribution is 0.537. The second kappa shape index (κ2) is 11.8. The van der Waals surface area contributed by atoms with Crippen molar-refractivity contribution in [3.8, 4) is 0 Å². The van der Waals surface area contributed by atoms with E-state index in [1.807, 2.05) is 0 Å². The van der Waals surface area contributed by atoms with Gasteiger partial charge in [0.25, 0.3) is 0 Å². The van der Waals surface area contributed by atoms with Crippen molar-refractivity contribution in [1.29, 1.82) is 0 Å². The first-order valence-electron chi connectivity index (χ1n) is 8.95. The van der Waals surface area contributed by atoms with Crippen molar-refractivity contribution in [2.45, 2.75) is 89.6 Å². The van der Waals surface area contributed by atoms with Crippen LogP contribution in [-0.4, -0.2) is 23.4 Å². The van der Waals surface area contributed by atoms with E-state index < -0.39 is 23.4 Å². The summed E-state index contributed by atoms with van der Waals surface area (Å²) < 4.78 is 6.46. The van der Waals surface area contributed by atoms with E-state index in [1.165, 1.54) is 12.8 Å². The summed E-state index contributed by atoms with van der Waals surface area (Å²) in [6.45, 7) is 13.6.